The van der Waals surface area contributed by atoms with E-state index in [-0.39, 0.29) is 12.2 Å². The Bertz CT molecular complexity index is 797. The van der Waals surface area contributed by atoms with Gasteiger partial charge in [-0.1, -0.05) is 26.0 Å². The van der Waals surface area contributed by atoms with Crippen LogP contribution in [0.25, 0.3) is 0 Å². The number of carbonyl (C=O) groups excluding carboxylic acids is 1. The summed E-state index contributed by atoms with van der Waals surface area (Å²) in [5.41, 5.74) is 1.74. The van der Waals surface area contributed by atoms with Crippen LogP contribution in [-0.4, -0.2) is 63.7 Å². The summed E-state index contributed by atoms with van der Waals surface area (Å²) in [6.45, 7) is 7.60. The molecule has 164 valence electrons. The van der Waals surface area contributed by atoms with E-state index in [1.54, 1.807) is 18.1 Å². The van der Waals surface area contributed by atoms with E-state index in [0.717, 1.165) is 42.9 Å². The number of hydrogen-bond acceptors (Lipinski definition) is 6. The molecule has 2 aromatic rings. The first-order valence-electron chi connectivity index (χ1n) is 10.6. The Morgan fingerprint density at radius 2 is 1.87 bits per heavy atom. The molecule has 0 atom stereocenters. The molecule has 1 amide bonds. The van der Waals surface area contributed by atoms with Gasteiger partial charge in [0.05, 0.1) is 19.3 Å². The summed E-state index contributed by atoms with van der Waals surface area (Å²) in [5.74, 6) is 1.31. The van der Waals surface area contributed by atoms with Crippen LogP contribution in [0.15, 0.2) is 30.5 Å². The summed E-state index contributed by atoms with van der Waals surface area (Å²) in [7, 11) is 3.85. The molecular weight excluding hydrogens is 382 g/mol. The van der Waals surface area contributed by atoms with Gasteiger partial charge in [0.1, 0.15) is 17.5 Å². The summed E-state index contributed by atoms with van der Waals surface area (Å²) >= 11 is 0. The minimum absolute atomic E-state index is 0.0372. The van der Waals surface area contributed by atoms with Gasteiger partial charge in [0, 0.05) is 26.7 Å². The SMILES string of the molecule is CC(C)COc1ccc(CN(Cc2cnn(C)n2)C(=O)OC2CCN(C)CC2)cc1. The van der Waals surface area contributed by atoms with Crippen molar-refractivity contribution in [2.75, 3.05) is 26.7 Å². The monoisotopic (exact) mass is 415 g/mol. The summed E-state index contributed by atoms with van der Waals surface area (Å²) < 4.78 is 11.6. The summed E-state index contributed by atoms with van der Waals surface area (Å²) in [5, 5.41) is 8.43. The molecule has 0 spiro atoms. The van der Waals surface area contributed by atoms with Crippen LogP contribution in [0.1, 0.15) is 37.9 Å². The van der Waals surface area contributed by atoms with Gasteiger partial charge >= 0.3 is 6.09 Å². The number of aryl methyl sites for hydroxylation is 1. The Morgan fingerprint density at radius 3 is 2.47 bits per heavy atom. The second-order valence-electron chi connectivity index (χ2n) is 8.42. The van der Waals surface area contributed by atoms with Crippen molar-refractivity contribution in [3.63, 3.8) is 0 Å². The lowest BCUT2D eigenvalue weighted by molar-refractivity contribution is 0.0296. The van der Waals surface area contributed by atoms with Crippen LogP contribution < -0.4 is 4.74 Å². The summed E-state index contributed by atoms with van der Waals surface area (Å²) in [6, 6.07) is 7.87. The first-order valence-corrected chi connectivity index (χ1v) is 10.6. The number of carbonyl (C=O) groups is 1. The van der Waals surface area contributed by atoms with Crippen LogP contribution in [0.2, 0.25) is 0 Å². The van der Waals surface area contributed by atoms with Crippen molar-refractivity contribution in [1.82, 2.24) is 24.8 Å². The number of rotatable bonds is 8. The minimum Gasteiger partial charge on any atom is -0.493 e. The predicted octanol–water partition coefficient (Wildman–Crippen LogP) is 3.08. The lowest BCUT2D eigenvalue weighted by atomic mass is 10.1. The number of benzene rings is 1. The molecule has 0 radical (unpaired) electrons. The van der Waals surface area contributed by atoms with Crippen LogP contribution in [0.5, 0.6) is 5.75 Å². The Kier molecular flexibility index (Phi) is 7.68. The van der Waals surface area contributed by atoms with Crippen molar-refractivity contribution >= 4 is 6.09 Å². The molecule has 1 aliphatic heterocycles. The second kappa shape index (κ2) is 10.4. The lowest BCUT2D eigenvalue weighted by Crippen LogP contribution is -2.39. The zero-order valence-corrected chi connectivity index (χ0v) is 18.5. The molecule has 0 aliphatic carbocycles. The zero-order valence-electron chi connectivity index (χ0n) is 18.5. The third-order valence-corrected chi connectivity index (χ3v) is 5.07. The van der Waals surface area contributed by atoms with E-state index in [1.165, 1.54) is 4.80 Å². The normalized spacial score (nSPS) is 15.4. The van der Waals surface area contributed by atoms with Crippen molar-refractivity contribution in [2.45, 2.75) is 45.9 Å². The largest absolute Gasteiger partial charge is 0.493 e. The van der Waals surface area contributed by atoms with Gasteiger partial charge in [0.15, 0.2) is 0 Å². The van der Waals surface area contributed by atoms with E-state index >= 15 is 0 Å². The average Bonchev–Trinajstić information content (AvgIpc) is 3.13. The van der Waals surface area contributed by atoms with Crippen LogP contribution in [0, 0.1) is 5.92 Å². The van der Waals surface area contributed by atoms with E-state index in [9.17, 15) is 4.79 Å². The van der Waals surface area contributed by atoms with Gasteiger partial charge < -0.3 is 14.4 Å². The number of nitrogens with zero attached hydrogens (tertiary/aromatic N) is 5. The molecule has 1 aliphatic rings. The molecule has 0 saturated carbocycles. The van der Waals surface area contributed by atoms with Crippen molar-refractivity contribution in [1.29, 1.82) is 0 Å². The van der Waals surface area contributed by atoms with E-state index in [4.69, 9.17) is 9.47 Å². The molecule has 1 aromatic heterocycles. The van der Waals surface area contributed by atoms with Crippen LogP contribution in [-0.2, 0) is 24.9 Å². The third kappa shape index (κ3) is 6.73. The topological polar surface area (TPSA) is 72.7 Å². The highest BCUT2D eigenvalue weighted by Gasteiger charge is 2.24. The molecule has 0 N–H and O–H groups in total. The number of piperidine rings is 1. The zero-order chi connectivity index (χ0) is 21.5. The summed E-state index contributed by atoms with van der Waals surface area (Å²) in [4.78, 5) is 18.4. The van der Waals surface area contributed by atoms with Crippen molar-refractivity contribution < 1.29 is 14.3 Å². The second-order valence-corrected chi connectivity index (χ2v) is 8.42. The Balaban J connectivity index is 1.65. The summed E-state index contributed by atoms with van der Waals surface area (Å²) in [6.07, 6.45) is 3.06. The molecule has 1 aromatic carbocycles. The minimum atomic E-state index is -0.310. The Hall–Kier alpha value is -2.61. The van der Waals surface area contributed by atoms with Gasteiger partial charge in [-0.2, -0.15) is 15.0 Å². The molecule has 0 bridgehead atoms. The fourth-order valence-electron chi connectivity index (χ4n) is 3.33. The standard InChI is InChI=1S/C22H33N5O3/c1-17(2)16-29-20-7-5-18(6-8-20)14-27(15-19-13-23-26(4)24-19)22(28)30-21-9-11-25(3)12-10-21/h5-8,13,17,21H,9-12,14-16H2,1-4H3. The van der Waals surface area contributed by atoms with E-state index < -0.39 is 0 Å². The van der Waals surface area contributed by atoms with Crippen LogP contribution in [0.4, 0.5) is 4.79 Å². The smallest absolute Gasteiger partial charge is 0.410 e. The molecule has 30 heavy (non-hydrogen) atoms. The molecule has 2 heterocycles. The quantitative estimate of drug-likeness (QED) is 0.660. The maximum atomic E-state index is 13.0. The first-order chi connectivity index (χ1) is 14.4. The molecule has 0 unspecified atom stereocenters. The van der Waals surface area contributed by atoms with Gasteiger partial charge in [-0.05, 0) is 43.5 Å². The highest BCUT2D eigenvalue weighted by atomic mass is 16.6. The number of aromatic nitrogens is 3. The Labute approximate surface area is 178 Å². The molecule has 8 nitrogen and oxygen atoms in total. The Morgan fingerprint density at radius 1 is 1.17 bits per heavy atom. The van der Waals surface area contributed by atoms with Gasteiger partial charge in [0.25, 0.3) is 0 Å². The number of likely N-dealkylation sites (tertiary alicyclic amines) is 1. The van der Waals surface area contributed by atoms with Crippen LogP contribution in [0.3, 0.4) is 0 Å². The maximum Gasteiger partial charge on any atom is 0.410 e. The van der Waals surface area contributed by atoms with Gasteiger partial charge in [0.2, 0.25) is 0 Å². The van der Waals surface area contributed by atoms with Gasteiger partial charge in [-0.15, -0.1) is 0 Å². The maximum absolute atomic E-state index is 13.0. The van der Waals surface area contributed by atoms with Crippen molar-refractivity contribution in [2.24, 2.45) is 13.0 Å². The van der Waals surface area contributed by atoms with E-state index in [1.807, 2.05) is 24.3 Å². The third-order valence-electron chi connectivity index (χ3n) is 5.07. The molecule has 8 heteroatoms. The predicted molar refractivity (Wildman–Crippen MR) is 114 cm³/mol. The number of ether oxygens (including phenoxy) is 2. The fraction of sp³-hybridized carbons (Fsp3) is 0.591. The van der Waals surface area contributed by atoms with Crippen LogP contribution >= 0.6 is 0 Å². The highest BCUT2D eigenvalue weighted by molar-refractivity contribution is 5.68. The molecule has 1 saturated heterocycles. The molecular formula is C22H33N5O3. The number of amides is 1. The van der Waals surface area contributed by atoms with E-state index in [2.05, 4.69) is 36.0 Å². The van der Waals surface area contributed by atoms with Gasteiger partial charge in [-0.25, -0.2) is 4.79 Å². The van der Waals surface area contributed by atoms with Crippen molar-refractivity contribution in [3.05, 3.63) is 41.7 Å². The molecule has 1 fully saturated rings. The fourth-order valence-corrected chi connectivity index (χ4v) is 3.33. The number of hydrogen-bond donors (Lipinski definition) is 0. The van der Waals surface area contributed by atoms with Gasteiger partial charge in [-0.3, -0.25) is 4.90 Å². The molecule has 3 rings (SSSR count). The first kappa shape index (κ1) is 22.1. The highest BCUT2D eigenvalue weighted by Crippen LogP contribution is 2.18. The van der Waals surface area contributed by atoms with E-state index in [0.29, 0.717) is 25.6 Å². The van der Waals surface area contributed by atoms with Crippen molar-refractivity contribution in [3.8, 4) is 5.75 Å². The lowest BCUT2D eigenvalue weighted by Gasteiger charge is -2.30. The average molecular weight is 416 g/mol.